The van der Waals surface area contributed by atoms with Crippen LogP contribution in [0.3, 0.4) is 0 Å². The number of aromatic nitrogens is 3. The largest absolute Gasteiger partial charge is 0.352 e. The number of hydrogen-bond acceptors (Lipinski definition) is 3. The number of rotatable bonds is 6. The standard InChI is InChI=1S/C27H27N5S/c1-19-16-23(20(2)31(19)17-21-10-4-3-5-11-21)26-25(24-13-7-9-15-29-24)30-27(33)32(26)18-22-12-6-8-14-28-22/h3-16,25-26H,17-18H2,1-2H3,(H,30,33)/t25-,26+/m1/s1. The molecule has 0 saturated carbocycles. The predicted molar refractivity (Wildman–Crippen MR) is 135 cm³/mol. The summed E-state index contributed by atoms with van der Waals surface area (Å²) in [5.74, 6) is 0. The Morgan fingerprint density at radius 2 is 1.61 bits per heavy atom. The first-order chi connectivity index (χ1) is 16.1. The Kier molecular flexibility index (Phi) is 5.92. The topological polar surface area (TPSA) is 46.0 Å². The van der Waals surface area contributed by atoms with Crippen molar-refractivity contribution in [2.45, 2.75) is 39.0 Å². The van der Waals surface area contributed by atoms with Crippen molar-refractivity contribution in [3.8, 4) is 0 Å². The van der Waals surface area contributed by atoms with Gasteiger partial charge in [0.2, 0.25) is 0 Å². The smallest absolute Gasteiger partial charge is 0.170 e. The second kappa shape index (κ2) is 9.16. The molecule has 6 heteroatoms. The molecule has 0 aliphatic carbocycles. The van der Waals surface area contributed by atoms with Crippen molar-refractivity contribution in [3.05, 3.63) is 119 Å². The predicted octanol–water partition coefficient (Wildman–Crippen LogP) is 5.12. The van der Waals surface area contributed by atoms with Gasteiger partial charge in [-0.3, -0.25) is 9.97 Å². The van der Waals surface area contributed by atoms with Crippen LogP contribution < -0.4 is 5.32 Å². The lowest BCUT2D eigenvalue weighted by Crippen LogP contribution is -2.29. The third-order valence-corrected chi connectivity index (χ3v) is 6.72. The highest BCUT2D eigenvalue weighted by atomic mass is 32.1. The summed E-state index contributed by atoms with van der Waals surface area (Å²) in [7, 11) is 0. The molecular weight excluding hydrogens is 426 g/mol. The monoisotopic (exact) mass is 453 g/mol. The van der Waals surface area contributed by atoms with E-state index in [-0.39, 0.29) is 12.1 Å². The molecular formula is C27H27N5S. The van der Waals surface area contributed by atoms with Gasteiger partial charge in [0.1, 0.15) is 0 Å². The number of hydrogen-bond donors (Lipinski definition) is 1. The van der Waals surface area contributed by atoms with E-state index in [1.807, 2.05) is 42.7 Å². The SMILES string of the molecule is Cc1cc([C@H]2[C@@H](c3ccccn3)NC(=S)N2Cc2ccccn2)c(C)n1Cc1ccccc1. The maximum absolute atomic E-state index is 5.83. The van der Waals surface area contributed by atoms with Crippen LogP contribution in [0, 0.1) is 13.8 Å². The van der Waals surface area contributed by atoms with E-state index in [1.165, 1.54) is 22.5 Å². The highest BCUT2D eigenvalue weighted by Crippen LogP contribution is 2.41. The van der Waals surface area contributed by atoms with Gasteiger partial charge in [-0.1, -0.05) is 42.5 Å². The van der Waals surface area contributed by atoms with Crippen LogP contribution in [0.1, 0.15) is 46.0 Å². The lowest BCUT2D eigenvalue weighted by Gasteiger charge is -2.28. The van der Waals surface area contributed by atoms with Crippen LogP contribution in [-0.4, -0.2) is 24.5 Å². The Bertz CT molecular complexity index is 1240. The van der Waals surface area contributed by atoms with Crippen LogP contribution in [0.2, 0.25) is 0 Å². The molecule has 1 fully saturated rings. The molecule has 33 heavy (non-hydrogen) atoms. The van der Waals surface area contributed by atoms with Gasteiger partial charge in [-0.25, -0.2) is 0 Å². The Hall–Kier alpha value is -3.51. The number of pyridine rings is 2. The Labute approximate surface area is 200 Å². The maximum Gasteiger partial charge on any atom is 0.170 e. The summed E-state index contributed by atoms with van der Waals surface area (Å²) in [6.45, 7) is 5.88. The van der Waals surface area contributed by atoms with Crippen LogP contribution in [-0.2, 0) is 13.1 Å². The van der Waals surface area contributed by atoms with Gasteiger partial charge in [0.05, 0.1) is 30.0 Å². The fraction of sp³-hybridized carbons (Fsp3) is 0.222. The van der Waals surface area contributed by atoms with Crippen LogP contribution >= 0.6 is 12.2 Å². The van der Waals surface area contributed by atoms with Gasteiger partial charge in [-0.05, 0) is 67.5 Å². The van der Waals surface area contributed by atoms with E-state index >= 15 is 0 Å². The van der Waals surface area contributed by atoms with Gasteiger partial charge in [-0.2, -0.15) is 0 Å². The summed E-state index contributed by atoms with van der Waals surface area (Å²) in [6, 6.07) is 24.9. The lowest BCUT2D eigenvalue weighted by molar-refractivity contribution is 0.307. The molecule has 4 aromatic rings. The van der Waals surface area contributed by atoms with Crippen LogP contribution in [0.5, 0.6) is 0 Å². The minimum absolute atomic E-state index is 0.0186. The molecule has 3 aromatic heterocycles. The van der Waals surface area contributed by atoms with Gasteiger partial charge in [0.15, 0.2) is 5.11 Å². The molecule has 1 aliphatic heterocycles. The normalized spacial score (nSPS) is 17.9. The van der Waals surface area contributed by atoms with Crippen molar-refractivity contribution >= 4 is 17.3 Å². The van der Waals surface area contributed by atoms with Crippen molar-refractivity contribution in [2.24, 2.45) is 0 Å². The minimum atomic E-state index is -0.0342. The van der Waals surface area contributed by atoms with Gasteiger partial charge >= 0.3 is 0 Å². The van der Waals surface area contributed by atoms with E-state index in [0.717, 1.165) is 23.0 Å². The first-order valence-corrected chi connectivity index (χ1v) is 11.6. The Morgan fingerprint density at radius 1 is 0.879 bits per heavy atom. The van der Waals surface area contributed by atoms with E-state index in [2.05, 4.69) is 81.1 Å². The molecule has 0 spiro atoms. The summed E-state index contributed by atoms with van der Waals surface area (Å²) in [5.41, 5.74) is 7.02. The van der Waals surface area contributed by atoms with Crippen LogP contribution in [0.4, 0.5) is 0 Å². The number of benzene rings is 1. The van der Waals surface area contributed by atoms with Crippen LogP contribution in [0.25, 0.3) is 0 Å². The van der Waals surface area contributed by atoms with Crippen molar-refractivity contribution in [1.82, 2.24) is 24.8 Å². The van der Waals surface area contributed by atoms with E-state index in [4.69, 9.17) is 12.2 Å². The molecule has 2 atom stereocenters. The summed E-state index contributed by atoms with van der Waals surface area (Å²) in [4.78, 5) is 11.5. The minimum Gasteiger partial charge on any atom is -0.352 e. The van der Waals surface area contributed by atoms with E-state index in [0.29, 0.717) is 6.54 Å². The molecule has 5 nitrogen and oxygen atoms in total. The highest BCUT2D eigenvalue weighted by molar-refractivity contribution is 7.80. The summed E-state index contributed by atoms with van der Waals surface area (Å²) in [5, 5.41) is 4.28. The van der Waals surface area contributed by atoms with E-state index in [1.54, 1.807) is 0 Å². The van der Waals surface area contributed by atoms with E-state index in [9.17, 15) is 0 Å². The Morgan fingerprint density at radius 3 is 2.30 bits per heavy atom. The molecule has 0 bridgehead atoms. The molecule has 0 amide bonds. The third kappa shape index (κ3) is 4.26. The maximum atomic E-state index is 5.83. The molecule has 1 aliphatic rings. The molecule has 5 rings (SSSR count). The average molecular weight is 454 g/mol. The van der Waals surface area contributed by atoms with Crippen molar-refractivity contribution < 1.29 is 0 Å². The zero-order valence-corrected chi connectivity index (χ0v) is 19.7. The second-order valence-electron chi connectivity index (χ2n) is 8.47. The molecule has 1 saturated heterocycles. The lowest BCUT2D eigenvalue weighted by atomic mass is 9.96. The second-order valence-corrected chi connectivity index (χ2v) is 8.86. The highest BCUT2D eigenvalue weighted by Gasteiger charge is 2.41. The number of aryl methyl sites for hydroxylation is 1. The van der Waals surface area contributed by atoms with E-state index < -0.39 is 0 Å². The number of nitrogens with zero attached hydrogens (tertiary/aromatic N) is 4. The molecule has 166 valence electrons. The quantitative estimate of drug-likeness (QED) is 0.411. The first-order valence-electron chi connectivity index (χ1n) is 11.2. The van der Waals surface area contributed by atoms with Crippen molar-refractivity contribution in [2.75, 3.05) is 0 Å². The molecule has 0 unspecified atom stereocenters. The zero-order valence-electron chi connectivity index (χ0n) is 18.8. The van der Waals surface area contributed by atoms with Crippen LogP contribution in [0.15, 0.2) is 85.2 Å². The zero-order chi connectivity index (χ0) is 22.8. The third-order valence-electron chi connectivity index (χ3n) is 6.37. The molecule has 1 N–H and O–H groups in total. The first kappa shape index (κ1) is 21.3. The Balaban J connectivity index is 1.56. The number of thiocarbonyl (C=S) groups is 1. The number of nitrogens with one attached hydrogen (secondary N) is 1. The van der Waals surface area contributed by atoms with Gasteiger partial charge in [-0.15, -0.1) is 0 Å². The fourth-order valence-electron chi connectivity index (χ4n) is 4.72. The van der Waals surface area contributed by atoms with Gasteiger partial charge in [0.25, 0.3) is 0 Å². The molecule has 0 radical (unpaired) electrons. The van der Waals surface area contributed by atoms with Gasteiger partial charge in [0, 0.05) is 30.3 Å². The fourth-order valence-corrected chi connectivity index (χ4v) is 5.02. The van der Waals surface area contributed by atoms with Crippen molar-refractivity contribution in [3.63, 3.8) is 0 Å². The average Bonchev–Trinajstić information content (AvgIpc) is 3.31. The molecule has 4 heterocycles. The van der Waals surface area contributed by atoms with Gasteiger partial charge < -0.3 is 14.8 Å². The summed E-state index contributed by atoms with van der Waals surface area (Å²) >= 11 is 5.83. The molecule has 1 aromatic carbocycles. The summed E-state index contributed by atoms with van der Waals surface area (Å²) in [6.07, 6.45) is 3.68. The summed E-state index contributed by atoms with van der Waals surface area (Å²) < 4.78 is 2.39. The van der Waals surface area contributed by atoms with Crippen molar-refractivity contribution in [1.29, 1.82) is 0 Å².